The lowest BCUT2D eigenvalue weighted by Crippen LogP contribution is -2.32. The average molecular weight is 267 g/mol. The molecule has 1 aromatic rings. The monoisotopic (exact) mass is 267 g/mol. The Morgan fingerprint density at radius 2 is 2.05 bits per heavy atom. The standard InChI is InChI=1S/C16H26FNO/c1-4-6-9-14(18-11-5-2)12-13-8-7-10-15(19-3)16(13)17/h7-8,10,14,18H,4-6,9,11-12H2,1-3H3. The molecule has 0 fully saturated rings. The van der Waals surface area contributed by atoms with Crippen LogP contribution in [-0.4, -0.2) is 19.7 Å². The summed E-state index contributed by atoms with van der Waals surface area (Å²) < 4.78 is 19.2. The normalized spacial score (nSPS) is 12.4. The summed E-state index contributed by atoms with van der Waals surface area (Å²) in [5.41, 5.74) is 0.740. The van der Waals surface area contributed by atoms with Crippen LogP contribution in [0.15, 0.2) is 18.2 Å². The van der Waals surface area contributed by atoms with E-state index in [1.54, 1.807) is 6.07 Å². The number of benzene rings is 1. The topological polar surface area (TPSA) is 21.3 Å². The lowest BCUT2D eigenvalue weighted by molar-refractivity contribution is 0.381. The van der Waals surface area contributed by atoms with Crippen LogP contribution in [0.4, 0.5) is 4.39 Å². The van der Waals surface area contributed by atoms with Crippen LogP contribution in [0, 0.1) is 5.82 Å². The molecule has 108 valence electrons. The molecule has 0 heterocycles. The second-order valence-electron chi connectivity index (χ2n) is 4.93. The highest BCUT2D eigenvalue weighted by molar-refractivity contribution is 5.31. The van der Waals surface area contributed by atoms with E-state index in [2.05, 4.69) is 19.2 Å². The molecule has 0 amide bonds. The van der Waals surface area contributed by atoms with Crippen molar-refractivity contribution in [2.24, 2.45) is 0 Å². The molecule has 0 spiro atoms. The fourth-order valence-corrected chi connectivity index (χ4v) is 2.21. The first-order valence-electron chi connectivity index (χ1n) is 7.27. The van der Waals surface area contributed by atoms with E-state index >= 15 is 0 Å². The van der Waals surface area contributed by atoms with Gasteiger partial charge < -0.3 is 10.1 Å². The van der Waals surface area contributed by atoms with Gasteiger partial charge in [-0.1, -0.05) is 38.8 Å². The zero-order chi connectivity index (χ0) is 14.1. The van der Waals surface area contributed by atoms with Gasteiger partial charge in [0, 0.05) is 6.04 Å². The number of rotatable bonds is 9. The van der Waals surface area contributed by atoms with Crippen molar-refractivity contribution < 1.29 is 9.13 Å². The third-order valence-electron chi connectivity index (χ3n) is 3.32. The Bertz CT molecular complexity index is 360. The molecule has 0 aliphatic carbocycles. The van der Waals surface area contributed by atoms with Gasteiger partial charge in [-0.2, -0.15) is 0 Å². The van der Waals surface area contributed by atoms with E-state index in [0.717, 1.165) is 31.4 Å². The lowest BCUT2D eigenvalue weighted by atomic mass is 10.00. The van der Waals surface area contributed by atoms with Gasteiger partial charge in [0.05, 0.1) is 7.11 Å². The Hall–Kier alpha value is -1.09. The van der Waals surface area contributed by atoms with Crippen LogP contribution < -0.4 is 10.1 Å². The number of unbranched alkanes of at least 4 members (excludes halogenated alkanes) is 1. The zero-order valence-corrected chi connectivity index (χ0v) is 12.3. The second-order valence-corrected chi connectivity index (χ2v) is 4.93. The van der Waals surface area contributed by atoms with Crippen molar-refractivity contribution in [3.8, 4) is 5.75 Å². The molecule has 0 aliphatic heterocycles. The molecule has 1 aromatic carbocycles. The summed E-state index contributed by atoms with van der Waals surface area (Å²) in [6.07, 6.45) is 5.26. The van der Waals surface area contributed by atoms with E-state index < -0.39 is 0 Å². The molecule has 0 aromatic heterocycles. The van der Waals surface area contributed by atoms with Crippen LogP contribution in [0.2, 0.25) is 0 Å². The van der Waals surface area contributed by atoms with Crippen molar-refractivity contribution in [2.45, 2.75) is 52.0 Å². The molecule has 1 N–H and O–H groups in total. The van der Waals surface area contributed by atoms with E-state index in [1.807, 2.05) is 12.1 Å². The largest absolute Gasteiger partial charge is 0.494 e. The highest BCUT2D eigenvalue weighted by atomic mass is 19.1. The van der Waals surface area contributed by atoms with Crippen molar-refractivity contribution >= 4 is 0 Å². The lowest BCUT2D eigenvalue weighted by Gasteiger charge is -2.19. The average Bonchev–Trinajstić information content (AvgIpc) is 2.43. The maximum absolute atomic E-state index is 14.1. The number of nitrogens with one attached hydrogen (secondary N) is 1. The van der Waals surface area contributed by atoms with Crippen molar-refractivity contribution in [3.05, 3.63) is 29.6 Å². The summed E-state index contributed by atoms with van der Waals surface area (Å²) in [7, 11) is 1.51. The van der Waals surface area contributed by atoms with Crippen molar-refractivity contribution in [3.63, 3.8) is 0 Å². The molecule has 1 rings (SSSR count). The molecular formula is C16H26FNO. The Balaban J connectivity index is 2.71. The maximum atomic E-state index is 14.1. The summed E-state index contributed by atoms with van der Waals surface area (Å²) >= 11 is 0. The zero-order valence-electron chi connectivity index (χ0n) is 12.3. The van der Waals surface area contributed by atoms with Gasteiger partial charge in [0.1, 0.15) is 0 Å². The molecule has 0 saturated carbocycles. The van der Waals surface area contributed by atoms with Crippen molar-refractivity contribution in [1.29, 1.82) is 0 Å². The molecule has 19 heavy (non-hydrogen) atoms. The molecule has 2 nitrogen and oxygen atoms in total. The molecular weight excluding hydrogens is 241 g/mol. The Morgan fingerprint density at radius 3 is 2.68 bits per heavy atom. The van der Waals surface area contributed by atoms with Gasteiger partial charge in [0.2, 0.25) is 0 Å². The molecule has 0 aliphatic rings. The van der Waals surface area contributed by atoms with E-state index in [0.29, 0.717) is 11.8 Å². The van der Waals surface area contributed by atoms with Gasteiger partial charge in [-0.3, -0.25) is 0 Å². The Morgan fingerprint density at radius 1 is 1.26 bits per heavy atom. The fourth-order valence-electron chi connectivity index (χ4n) is 2.21. The summed E-state index contributed by atoms with van der Waals surface area (Å²) in [5.74, 6) is 0.118. The summed E-state index contributed by atoms with van der Waals surface area (Å²) in [4.78, 5) is 0. The molecule has 1 unspecified atom stereocenters. The van der Waals surface area contributed by atoms with E-state index in [4.69, 9.17) is 4.74 Å². The highest BCUT2D eigenvalue weighted by Crippen LogP contribution is 2.21. The Kier molecular flexibility index (Phi) is 7.49. The van der Waals surface area contributed by atoms with Gasteiger partial charge in [0.25, 0.3) is 0 Å². The van der Waals surface area contributed by atoms with Gasteiger partial charge in [-0.05, 0) is 37.4 Å². The highest BCUT2D eigenvalue weighted by Gasteiger charge is 2.14. The molecule has 0 radical (unpaired) electrons. The predicted molar refractivity (Wildman–Crippen MR) is 78.3 cm³/mol. The minimum Gasteiger partial charge on any atom is -0.494 e. The third-order valence-corrected chi connectivity index (χ3v) is 3.32. The number of halogens is 1. The quantitative estimate of drug-likeness (QED) is 0.732. The van der Waals surface area contributed by atoms with Crippen LogP contribution >= 0.6 is 0 Å². The second kappa shape index (κ2) is 8.92. The van der Waals surface area contributed by atoms with Crippen LogP contribution in [-0.2, 0) is 6.42 Å². The number of hydrogen-bond donors (Lipinski definition) is 1. The SMILES string of the molecule is CCCCC(Cc1cccc(OC)c1F)NCCC. The van der Waals surface area contributed by atoms with Gasteiger partial charge in [-0.25, -0.2) is 4.39 Å². The van der Waals surface area contributed by atoms with Gasteiger partial charge >= 0.3 is 0 Å². The van der Waals surface area contributed by atoms with Gasteiger partial charge in [-0.15, -0.1) is 0 Å². The number of methoxy groups -OCH3 is 1. The molecule has 3 heteroatoms. The summed E-state index contributed by atoms with van der Waals surface area (Å²) in [6.45, 7) is 5.32. The minimum absolute atomic E-state index is 0.218. The predicted octanol–water partition coefficient (Wildman–Crippen LogP) is 3.94. The van der Waals surface area contributed by atoms with E-state index in [-0.39, 0.29) is 5.82 Å². The summed E-state index contributed by atoms with van der Waals surface area (Å²) in [5, 5.41) is 3.51. The van der Waals surface area contributed by atoms with Crippen LogP contribution in [0.25, 0.3) is 0 Å². The third kappa shape index (κ3) is 5.19. The number of hydrogen-bond acceptors (Lipinski definition) is 2. The molecule has 0 saturated heterocycles. The smallest absolute Gasteiger partial charge is 0.168 e. The summed E-state index contributed by atoms with van der Waals surface area (Å²) in [6, 6.07) is 5.72. The molecule has 1 atom stereocenters. The van der Waals surface area contributed by atoms with Crippen LogP contribution in [0.3, 0.4) is 0 Å². The van der Waals surface area contributed by atoms with Gasteiger partial charge in [0.15, 0.2) is 11.6 Å². The maximum Gasteiger partial charge on any atom is 0.168 e. The van der Waals surface area contributed by atoms with Crippen molar-refractivity contribution in [1.82, 2.24) is 5.32 Å². The molecule has 0 bridgehead atoms. The fraction of sp³-hybridized carbons (Fsp3) is 0.625. The van der Waals surface area contributed by atoms with Crippen LogP contribution in [0.5, 0.6) is 5.75 Å². The first kappa shape index (κ1) is 16.0. The van der Waals surface area contributed by atoms with E-state index in [1.165, 1.54) is 20.0 Å². The first-order valence-corrected chi connectivity index (χ1v) is 7.27. The number of ether oxygens (including phenoxy) is 1. The van der Waals surface area contributed by atoms with E-state index in [9.17, 15) is 4.39 Å². The first-order chi connectivity index (χ1) is 9.22. The van der Waals surface area contributed by atoms with Crippen LogP contribution in [0.1, 0.15) is 45.1 Å². The minimum atomic E-state index is -0.218. The Labute approximate surface area is 116 Å². The van der Waals surface area contributed by atoms with Crippen molar-refractivity contribution in [2.75, 3.05) is 13.7 Å².